The molecule has 1 atom stereocenters. The molecule has 0 aromatic heterocycles. The lowest BCUT2D eigenvalue weighted by Crippen LogP contribution is -2.47. The Morgan fingerprint density at radius 1 is 1.57 bits per heavy atom. The normalized spacial score (nSPS) is 23.2. The second kappa shape index (κ2) is 4.72. The van der Waals surface area contributed by atoms with Gasteiger partial charge in [0.25, 0.3) is 0 Å². The molecular formula is C7H15N3O3S. The molecule has 7 heteroatoms. The molecule has 1 aliphatic heterocycles. The third-order valence-corrected chi connectivity index (χ3v) is 2.86. The number of primary sulfonamides is 1. The van der Waals surface area contributed by atoms with Crippen LogP contribution in [0.2, 0.25) is 0 Å². The van der Waals surface area contributed by atoms with Gasteiger partial charge in [-0.25, -0.2) is 13.6 Å². The molecule has 1 amide bonds. The van der Waals surface area contributed by atoms with E-state index in [1.165, 1.54) is 0 Å². The Morgan fingerprint density at radius 3 is 2.79 bits per heavy atom. The highest BCUT2D eigenvalue weighted by molar-refractivity contribution is 7.89. The highest BCUT2D eigenvalue weighted by atomic mass is 32.2. The number of hydrogen-bond donors (Lipinski definition) is 3. The van der Waals surface area contributed by atoms with Gasteiger partial charge in [0, 0.05) is 25.6 Å². The fraction of sp³-hybridized carbons (Fsp3) is 0.857. The molecular weight excluding hydrogens is 206 g/mol. The highest BCUT2D eigenvalue weighted by Crippen LogP contribution is 2.01. The number of carbonyl (C=O) groups is 1. The zero-order valence-electron chi connectivity index (χ0n) is 7.82. The second-order valence-corrected chi connectivity index (χ2v) is 5.09. The van der Waals surface area contributed by atoms with Gasteiger partial charge >= 0.3 is 0 Å². The van der Waals surface area contributed by atoms with Crippen molar-refractivity contribution in [1.29, 1.82) is 0 Å². The molecule has 0 saturated carbocycles. The number of hydrogen-bond acceptors (Lipinski definition) is 4. The molecule has 6 nitrogen and oxygen atoms in total. The van der Waals surface area contributed by atoms with E-state index in [9.17, 15) is 13.2 Å². The van der Waals surface area contributed by atoms with Crippen LogP contribution in [-0.2, 0) is 14.8 Å². The molecule has 1 unspecified atom stereocenters. The summed E-state index contributed by atoms with van der Waals surface area (Å²) < 4.78 is 21.2. The monoisotopic (exact) mass is 221 g/mol. The Morgan fingerprint density at radius 2 is 2.29 bits per heavy atom. The SMILES string of the molecule is NS(=O)(=O)CCNC1CCC(=O)NC1. The molecule has 4 N–H and O–H groups in total. The third-order valence-electron chi connectivity index (χ3n) is 2.09. The van der Waals surface area contributed by atoms with Gasteiger partial charge in [-0.2, -0.15) is 0 Å². The zero-order chi connectivity index (χ0) is 10.6. The minimum atomic E-state index is -3.39. The van der Waals surface area contributed by atoms with E-state index in [1.54, 1.807) is 0 Å². The van der Waals surface area contributed by atoms with E-state index in [0.717, 1.165) is 6.42 Å². The van der Waals surface area contributed by atoms with Gasteiger partial charge in [-0.15, -0.1) is 0 Å². The first kappa shape index (κ1) is 11.4. The number of carbonyl (C=O) groups excluding carboxylic acids is 1. The zero-order valence-corrected chi connectivity index (χ0v) is 8.64. The van der Waals surface area contributed by atoms with Gasteiger partial charge < -0.3 is 10.6 Å². The fourth-order valence-electron chi connectivity index (χ4n) is 1.31. The van der Waals surface area contributed by atoms with E-state index in [0.29, 0.717) is 19.5 Å². The molecule has 0 spiro atoms. The Bertz CT molecular complexity index is 291. The van der Waals surface area contributed by atoms with Gasteiger partial charge in [0.2, 0.25) is 15.9 Å². The Balaban J connectivity index is 2.17. The summed E-state index contributed by atoms with van der Waals surface area (Å²) in [5.74, 6) is -0.0215. The highest BCUT2D eigenvalue weighted by Gasteiger charge is 2.17. The quantitative estimate of drug-likeness (QED) is 0.518. The van der Waals surface area contributed by atoms with Gasteiger partial charge in [0.15, 0.2) is 0 Å². The van der Waals surface area contributed by atoms with Crippen LogP contribution in [0.1, 0.15) is 12.8 Å². The summed E-state index contributed by atoms with van der Waals surface area (Å²) in [5.41, 5.74) is 0. The maximum Gasteiger partial charge on any atom is 0.220 e. The second-order valence-electron chi connectivity index (χ2n) is 3.36. The van der Waals surface area contributed by atoms with Gasteiger partial charge in [0.1, 0.15) is 0 Å². The molecule has 82 valence electrons. The lowest BCUT2D eigenvalue weighted by atomic mass is 10.1. The first-order valence-electron chi connectivity index (χ1n) is 4.48. The van der Waals surface area contributed by atoms with E-state index < -0.39 is 10.0 Å². The van der Waals surface area contributed by atoms with Crippen LogP contribution in [0.4, 0.5) is 0 Å². The van der Waals surface area contributed by atoms with Crippen molar-refractivity contribution < 1.29 is 13.2 Å². The van der Waals surface area contributed by atoms with Crippen molar-refractivity contribution in [2.75, 3.05) is 18.8 Å². The Kier molecular flexibility index (Phi) is 3.85. The molecule has 0 bridgehead atoms. The van der Waals surface area contributed by atoms with Gasteiger partial charge in [0.05, 0.1) is 5.75 Å². The summed E-state index contributed by atoms with van der Waals surface area (Å²) >= 11 is 0. The molecule has 1 saturated heterocycles. The maximum atomic E-state index is 10.8. The Labute approximate surface area is 83.3 Å². The predicted octanol–water partition coefficient (Wildman–Crippen LogP) is -1.86. The lowest BCUT2D eigenvalue weighted by molar-refractivity contribution is -0.122. The van der Waals surface area contributed by atoms with Crippen molar-refractivity contribution in [3.8, 4) is 0 Å². The number of nitrogens with two attached hydrogens (primary N) is 1. The predicted molar refractivity (Wildman–Crippen MR) is 52.0 cm³/mol. The lowest BCUT2D eigenvalue weighted by Gasteiger charge is -2.23. The van der Waals surface area contributed by atoms with E-state index in [4.69, 9.17) is 5.14 Å². The first-order chi connectivity index (χ1) is 6.47. The van der Waals surface area contributed by atoms with Crippen LogP contribution >= 0.6 is 0 Å². The van der Waals surface area contributed by atoms with E-state index in [2.05, 4.69) is 10.6 Å². The van der Waals surface area contributed by atoms with Crippen molar-refractivity contribution in [2.24, 2.45) is 5.14 Å². The molecule has 0 aromatic carbocycles. The summed E-state index contributed by atoms with van der Waals surface area (Å²) in [7, 11) is -3.39. The van der Waals surface area contributed by atoms with Gasteiger partial charge in [-0.3, -0.25) is 4.79 Å². The summed E-state index contributed by atoms with van der Waals surface area (Å²) in [4.78, 5) is 10.8. The van der Waals surface area contributed by atoms with Crippen LogP contribution in [-0.4, -0.2) is 39.2 Å². The van der Waals surface area contributed by atoms with Gasteiger partial charge in [-0.05, 0) is 6.42 Å². The average molecular weight is 221 g/mol. The molecule has 14 heavy (non-hydrogen) atoms. The summed E-state index contributed by atoms with van der Waals surface area (Å²) in [6, 6.07) is 0.162. The van der Waals surface area contributed by atoms with Crippen LogP contribution in [0.3, 0.4) is 0 Å². The van der Waals surface area contributed by atoms with Crippen LogP contribution < -0.4 is 15.8 Å². The first-order valence-corrected chi connectivity index (χ1v) is 6.19. The number of nitrogens with one attached hydrogen (secondary N) is 2. The van der Waals surface area contributed by atoms with E-state index in [1.807, 2.05) is 0 Å². The molecule has 1 rings (SSSR count). The fourth-order valence-corrected chi connectivity index (χ4v) is 1.71. The summed E-state index contributed by atoms with van der Waals surface area (Å²) in [6.45, 7) is 0.892. The van der Waals surface area contributed by atoms with Crippen LogP contribution in [0, 0.1) is 0 Å². The van der Waals surface area contributed by atoms with Crippen LogP contribution in [0.15, 0.2) is 0 Å². The summed E-state index contributed by atoms with van der Waals surface area (Å²) in [6.07, 6.45) is 1.24. The topological polar surface area (TPSA) is 101 Å². The standard InChI is InChI=1S/C7H15N3O3S/c8-14(12,13)4-3-9-6-1-2-7(11)10-5-6/h6,9H,1-5H2,(H,10,11)(H2,8,12,13). The minimum Gasteiger partial charge on any atom is -0.355 e. The van der Waals surface area contributed by atoms with Crippen molar-refractivity contribution in [2.45, 2.75) is 18.9 Å². The molecule has 1 heterocycles. The number of amides is 1. The maximum absolute atomic E-state index is 10.8. The van der Waals surface area contributed by atoms with Crippen molar-refractivity contribution in [1.82, 2.24) is 10.6 Å². The minimum absolute atomic E-state index is 0.0505. The number of sulfonamides is 1. The van der Waals surface area contributed by atoms with Crippen molar-refractivity contribution >= 4 is 15.9 Å². The van der Waals surface area contributed by atoms with Crippen molar-refractivity contribution in [3.63, 3.8) is 0 Å². The van der Waals surface area contributed by atoms with E-state index >= 15 is 0 Å². The van der Waals surface area contributed by atoms with Crippen LogP contribution in [0.5, 0.6) is 0 Å². The average Bonchev–Trinajstić information content (AvgIpc) is 2.06. The van der Waals surface area contributed by atoms with E-state index in [-0.39, 0.29) is 17.7 Å². The molecule has 0 radical (unpaired) electrons. The number of piperidine rings is 1. The van der Waals surface area contributed by atoms with Crippen LogP contribution in [0.25, 0.3) is 0 Å². The molecule has 1 aliphatic rings. The molecule has 0 aromatic rings. The molecule has 0 aliphatic carbocycles. The molecule has 1 fully saturated rings. The van der Waals surface area contributed by atoms with Crippen molar-refractivity contribution in [3.05, 3.63) is 0 Å². The smallest absolute Gasteiger partial charge is 0.220 e. The largest absolute Gasteiger partial charge is 0.355 e. The summed E-state index contributed by atoms with van der Waals surface area (Å²) in [5, 5.41) is 10.6. The third kappa shape index (κ3) is 4.54. The Hall–Kier alpha value is -0.660. The van der Waals surface area contributed by atoms with Gasteiger partial charge in [-0.1, -0.05) is 0 Å². The number of rotatable bonds is 4.